The molecule has 1 amide bonds. The van der Waals surface area contributed by atoms with E-state index in [1.165, 1.54) is 6.07 Å². The highest BCUT2D eigenvalue weighted by molar-refractivity contribution is 5.96. The average Bonchev–Trinajstić information content (AvgIpc) is 2.78. The Labute approximate surface area is 115 Å². The Hall–Kier alpha value is -2.31. The first-order chi connectivity index (χ1) is 9.51. The lowest BCUT2D eigenvalue weighted by molar-refractivity contribution is -0.119. The summed E-state index contributed by atoms with van der Waals surface area (Å²) in [5.74, 6) is -1.27. The molecule has 1 atom stereocenters. The Kier molecular flexibility index (Phi) is 4.07. The number of ether oxygens (including phenoxy) is 1. The Bertz CT molecular complexity index is 548. The Balaban J connectivity index is 2.22. The van der Waals surface area contributed by atoms with Crippen LogP contribution in [0.15, 0.2) is 12.1 Å². The summed E-state index contributed by atoms with van der Waals surface area (Å²) >= 11 is 0. The molecule has 0 bridgehead atoms. The molecule has 1 aliphatic heterocycles. The zero-order chi connectivity index (χ0) is 14.7. The molecule has 2 rings (SSSR count). The number of carbonyl (C=O) groups excluding carboxylic acids is 2. The number of hydrogen-bond acceptors (Lipinski definition) is 5. The first-order valence-corrected chi connectivity index (χ1v) is 6.30. The molecule has 0 radical (unpaired) electrons. The maximum Gasteiger partial charge on any atom is 0.340 e. The largest absolute Gasteiger partial charge is 0.462 e. The van der Waals surface area contributed by atoms with Gasteiger partial charge in [-0.1, -0.05) is 0 Å². The molecule has 4 N–H and O–H groups in total. The molecule has 7 heteroatoms. The maximum absolute atomic E-state index is 13.8. The van der Waals surface area contributed by atoms with Crippen molar-refractivity contribution in [3.63, 3.8) is 0 Å². The predicted molar refractivity (Wildman–Crippen MR) is 71.8 cm³/mol. The number of nitrogens with one attached hydrogen (secondary N) is 2. The fraction of sp³-hybridized carbons (Fsp3) is 0.385. The number of nitrogens with two attached hydrogens (primary N) is 1. The molecule has 1 saturated heterocycles. The number of rotatable bonds is 4. The van der Waals surface area contributed by atoms with Crippen LogP contribution in [-0.2, 0) is 9.53 Å². The van der Waals surface area contributed by atoms with Crippen molar-refractivity contribution in [2.45, 2.75) is 19.4 Å². The van der Waals surface area contributed by atoms with E-state index in [0.717, 1.165) is 6.07 Å². The molecule has 1 heterocycles. The third-order valence-electron chi connectivity index (χ3n) is 2.97. The molecular formula is C13H16FN3O3. The summed E-state index contributed by atoms with van der Waals surface area (Å²) in [4.78, 5) is 22.8. The van der Waals surface area contributed by atoms with E-state index in [0.29, 0.717) is 6.54 Å². The molecule has 1 aromatic carbocycles. The van der Waals surface area contributed by atoms with E-state index < -0.39 is 11.8 Å². The Morgan fingerprint density at radius 3 is 2.95 bits per heavy atom. The molecule has 6 nitrogen and oxygen atoms in total. The van der Waals surface area contributed by atoms with Gasteiger partial charge >= 0.3 is 5.97 Å². The standard InChI is InChI=1S/C13H16FN3O3/c1-2-20-13(19)8-4-11(9(14)5-10(8)15)17-7-3-12(18)16-6-7/h4-5,7,17H,2-3,6,15H2,1H3,(H,16,18). The van der Waals surface area contributed by atoms with Gasteiger partial charge in [0.1, 0.15) is 5.82 Å². The molecule has 20 heavy (non-hydrogen) atoms. The summed E-state index contributed by atoms with van der Waals surface area (Å²) in [5.41, 5.74) is 5.87. The van der Waals surface area contributed by atoms with E-state index in [1.54, 1.807) is 6.92 Å². The van der Waals surface area contributed by atoms with Crippen molar-refractivity contribution in [2.75, 3.05) is 24.2 Å². The van der Waals surface area contributed by atoms with Crippen molar-refractivity contribution < 1.29 is 18.7 Å². The van der Waals surface area contributed by atoms with Crippen LogP contribution in [0.4, 0.5) is 15.8 Å². The first-order valence-electron chi connectivity index (χ1n) is 6.30. The minimum Gasteiger partial charge on any atom is -0.462 e. The predicted octanol–water partition coefficient (Wildman–Crippen LogP) is 0.885. The van der Waals surface area contributed by atoms with Crippen LogP contribution in [0.25, 0.3) is 0 Å². The lowest BCUT2D eigenvalue weighted by Crippen LogP contribution is -2.23. The van der Waals surface area contributed by atoms with Gasteiger partial charge in [0.2, 0.25) is 5.91 Å². The Morgan fingerprint density at radius 2 is 2.35 bits per heavy atom. The molecule has 0 aliphatic carbocycles. The summed E-state index contributed by atoms with van der Waals surface area (Å²) in [5, 5.41) is 5.52. The van der Waals surface area contributed by atoms with Crippen LogP contribution >= 0.6 is 0 Å². The molecule has 0 aromatic heterocycles. The van der Waals surface area contributed by atoms with Crippen LogP contribution in [-0.4, -0.2) is 31.1 Å². The zero-order valence-electron chi connectivity index (χ0n) is 11.0. The van der Waals surface area contributed by atoms with E-state index in [-0.39, 0.29) is 41.9 Å². The van der Waals surface area contributed by atoms with Crippen molar-refractivity contribution in [1.29, 1.82) is 0 Å². The van der Waals surface area contributed by atoms with Gasteiger partial charge in [0.25, 0.3) is 0 Å². The Morgan fingerprint density at radius 1 is 1.60 bits per heavy atom. The van der Waals surface area contributed by atoms with Crippen LogP contribution in [0.3, 0.4) is 0 Å². The number of esters is 1. The number of carbonyl (C=O) groups is 2. The minimum atomic E-state index is -0.603. The molecular weight excluding hydrogens is 265 g/mol. The van der Waals surface area contributed by atoms with E-state index in [4.69, 9.17) is 10.5 Å². The van der Waals surface area contributed by atoms with E-state index in [9.17, 15) is 14.0 Å². The van der Waals surface area contributed by atoms with Gasteiger partial charge in [-0.2, -0.15) is 0 Å². The van der Waals surface area contributed by atoms with Crippen LogP contribution < -0.4 is 16.4 Å². The monoisotopic (exact) mass is 281 g/mol. The highest BCUT2D eigenvalue weighted by Gasteiger charge is 2.23. The maximum atomic E-state index is 13.8. The number of benzene rings is 1. The first kappa shape index (κ1) is 14.1. The van der Waals surface area contributed by atoms with Gasteiger partial charge in [0.05, 0.1) is 23.9 Å². The second-order valence-corrected chi connectivity index (χ2v) is 4.49. The van der Waals surface area contributed by atoms with Crippen molar-refractivity contribution in [1.82, 2.24) is 5.32 Å². The van der Waals surface area contributed by atoms with Gasteiger partial charge in [-0.25, -0.2) is 9.18 Å². The van der Waals surface area contributed by atoms with E-state index >= 15 is 0 Å². The van der Waals surface area contributed by atoms with Crippen LogP contribution in [0.5, 0.6) is 0 Å². The van der Waals surface area contributed by atoms with E-state index in [2.05, 4.69) is 10.6 Å². The van der Waals surface area contributed by atoms with Crippen molar-refractivity contribution in [3.05, 3.63) is 23.5 Å². The fourth-order valence-corrected chi connectivity index (χ4v) is 2.01. The summed E-state index contributed by atoms with van der Waals surface area (Å²) in [6.07, 6.45) is 0.262. The van der Waals surface area contributed by atoms with Crippen molar-refractivity contribution in [3.8, 4) is 0 Å². The average molecular weight is 281 g/mol. The summed E-state index contributed by atoms with van der Waals surface area (Å²) < 4.78 is 18.7. The summed E-state index contributed by atoms with van der Waals surface area (Å²) in [6.45, 7) is 2.30. The molecule has 0 saturated carbocycles. The number of nitrogen functional groups attached to an aromatic ring is 1. The topological polar surface area (TPSA) is 93.5 Å². The van der Waals surface area contributed by atoms with Gasteiger partial charge in [0, 0.05) is 18.7 Å². The van der Waals surface area contributed by atoms with Crippen LogP contribution in [0, 0.1) is 5.82 Å². The smallest absolute Gasteiger partial charge is 0.340 e. The normalized spacial score (nSPS) is 17.7. The highest BCUT2D eigenvalue weighted by atomic mass is 19.1. The number of hydrogen-bond donors (Lipinski definition) is 3. The molecule has 1 aromatic rings. The van der Waals surface area contributed by atoms with E-state index in [1.807, 2.05) is 0 Å². The third kappa shape index (κ3) is 2.98. The number of halogens is 1. The van der Waals surface area contributed by atoms with Crippen LogP contribution in [0.1, 0.15) is 23.7 Å². The second-order valence-electron chi connectivity index (χ2n) is 4.49. The number of anilines is 2. The van der Waals surface area contributed by atoms with Crippen LogP contribution in [0.2, 0.25) is 0 Å². The zero-order valence-corrected chi connectivity index (χ0v) is 11.0. The lowest BCUT2D eigenvalue weighted by atomic mass is 10.1. The van der Waals surface area contributed by atoms with Gasteiger partial charge in [-0.05, 0) is 19.1 Å². The highest BCUT2D eigenvalue weighted by Crippen LogP contribution is 2.24. The molecule has 1 aliphatic rings. The molecule has 0 spiro atoms. The minimum absolute atomic E-state index is 0.0205. The quantitative estimate of drug-likeness (QED) is 0.563. The molecule has 1 fully saturated rings. The second kappa shape index (κ2) is 5.77. The van der Waals surface area contributed by atoms with Crippen molar-refractivity contribution >= 4 is 23.3 Å². The summed E-state index contributed by atoms with van der Waals surface area (Å²) in [7, 11) is 0. The van der Waals surface area contributed by atoms with Gasteiger partial charge in [0.15, 0.2) is 0 Å². The molecule has 1 unspecified atom stereocenters. The lowest BCUT2D eigenvalue weighted by Gasteiger charge is -2.15. The SMILES string of the molecule is CCOC(=O)c1cc(NC2CNC(=O)C2)c(F)cc1N. The summed E-state index contributed by atoms with van der Waals surface area (Å²) in [6, 6.07) is 2.17. The molecule has 108 valence electrons. The third-order valence-corrected chi connectivity index (χ3v) is 2.97. The van der Waals surface area contributed by atoms with Gasteiger partial charge in [-0.15, -0.1) is 0 Å². The fourth-order valence-electron chi connectivity index (χ4n) is 2.01. The number of amides is 1. The van der Waals surface area contributed by atoms with Crippen molar-refractivity contribution in [2.24, 2.45) is 0 Å². The van der Waals surface area contributed by atoms with Gasteiger partial charge in [-0.3, -0.25) is 4.79 Å². The van der Waals surface area contributed by atoms with Gasteiger partial charge < -0.3 is 21.1 Å².